The number of aliphatic hydroxyl groups is 1. The molecule has 1 heterocycles. The van der Waals surface area contributed by atoms with Gasteiger partial charge in [0.05, 0.1) is 18.2 Å². The third-order valence-corrected chi connectivity index (χ3v) is 6.34. The molecule has 0 aliphatic heterocycles. The van der Waals surface area contributed by atoms with Crippen molar-refractivity contribution in [2.24, 2.45) is 0 Å². The molecule has 0 saturated heterocycles. The summed E-state index contributed by atoms with van der Waals surface area (Å²) in [7, 11) is 0. The number of aromatic nitrogens is 1. The molecule has 3 aromatic rings. The average Bonchev–Trinajstić information content (AvgIpc) is 2.88. The number of hydrogen-bond acceptors (Lipinski definition) is 2. The van der Waals surface area contributed by atoms with Crippen LogP contribution in [0.4, 0.5) is 0 Å². The molecule has 3 rings (SSSR count). The third kappa shape index (κ3) is 4.78. The highest BCUT2D eigenvalue weighted by Crippen LogP contribution is 2.37. The summed E-state index contributed by atoms with van der Waals surface area (Å²) in [5.41, 5.74) is 2.27. The van der Waals surface area contributed by atoms with Gasteiger partial charge in [0, 0.05) is 36.3 Å². The molecular weight excluding hydrogens is 536 g/mol. The van der Waals surface area contributed by atoms with Crippen molar-refractivity contribution < 1.29 is 5.11 Å². The molecular formula is C21H25Br3N2O. The van der Waals surface area contributed by atoms with Gasteiger partial charge in [-0.3, -0.25) is 0 Å². The van der Waals surface area contributed by atoms with Gasteiger partial charge in [0.25, 0.3) is 0 Å². The third-order valence-electron chi connectivity index (χ3n) is 4.78. The van der Waals surface area contributed by atoms with E-state index in [-0.39, 0.29) is 0 Å². The fourth-order valence-corrected chi connectivity index (χ4v) is 5.61. The van der Waals surface area contributed by atoms with Gasteiger partial charge in [-0.25, -0.2) is 0 Å². The first-order valence-electron chi connectivity index (χ1n) is 9.41. The molecule has 1 N–H and O–H groups in total. The van der Waals surface area contributed by atoms with E-state index in [0.29, 0.717) is 13.1 Å². The molecule has 0 fully saturated rings. The molecule has 0 unspecified atom stereocenters. The fourth-order valence-electron chi connectivity index (χ4n) is 3.81. The minimum absolute atomic E-state index is 0.416. The normalized spacial score (nSPS) is 13.1. The Balaban J connectivity index is 2.02. The SMILES string of the molecule is CCCN(CCC)C[C@H](O)Cn1c2ccc(Br)cc2c2cc(Br)cc(Br)c21. The second-order valence-corrected chi connectivity index (χ2v) is 9.70. The maximum Gasteiger partial charge on any atom is 0.0845 e. The number of fused-ring (bicyclic) bond motifs is 3. The van der Waals surface area contributed by atoms with E-state index in [1.165, 1.54) is 10.8 Å². The molecule has 0 amide bonds. The van der Waals surface area contributed by atoms with E-state index in [1.54, 1.807) is 0 Å². The number of halogens is 3. The Kier molecular flexibility index (Phi) is 7.42. The number of hydrogen-bond donors (Lipinski definition) is 1. The minimum Gasteiger partial charge on any atom is -0.390 e. The maximum absolute atomic E-state index is 10.9. The zero-order chi connectivity index (χ0) is 19.6. The van der Waals surface area contributed by atoms with Crippen LogP contribution >= 0.6 is 47.8 Å². The molecule has 0 bridgehead atoms. The van der Waals surface area contributed by atoms with Crippen LogP contribution in [0, 0.1) is 0 Å². The number of nitrogens with zero attached hydrogens (tertiary/aromatic N) is 2. The Labute approximate surface area is 186 Å². The summed E-state index contributed by atoms with van der Waals surface area (Å²) in [5.74, 6) is 0. The van der Waals surface area contributed by atoms with Crippen molar-refractivity contribution in [2.45, 2.75) is 39.3 Å². The first kappa shape index (κ1) is 21.3. The van der Waals surface area contributed by atoms with Crippen LogP contribution in [0.25, 0.3) is 21.8 Å². The lowest BCUT2D eigenvalue weighted by Gasteiger charge is -2.25. The Morgan fingerprint density at radius 3 is 2.30 bits per heavy atom. The highest BCUT2D eigenvalue weighted by molar-refractivity contribution is 9.11. The topological polar surface area (TPSA) is 28.4 Å². The van der Waals surface area contributed by atoms with Crippen molar-refractivity contribution in [2.75, 3.05) is 19.6 Å². The Morgan fingerprint density at radius 2 is 1.63 bits per heavy atom. The first-order valence-corrected chi connectivity index (χ1v) is 11.8. The average molecular weight is 561 g/mol. The standard InChI is InChI=1S/C21H25Br3N2O/c1-3-7-25(8-4-2)12-16(27)13-26-20-6-5-14(22)9-17(20)18-10-15(23)11-19(24)21(18)26/h5-6,9-11,16,27H,3-4,7-8,12-13H2,1-2H3/t16-/m0/s1. The van der Waals surface area contributed by atoms with E-state index in [0.717, 1.165) is 50.4 Å². The monoisotopic (exact) mass is 558 g/mol. The van der Waals surface area contributed by atoms with Crippen LogP contribution in [0.2, 0.25) is 0 Å². The van der Waals surface area contributed by atoms with Gasteiger partial charge in [-0.2, -0.15) is 0 Å². The van der Waals surface area contributed by atoms with Crippen molar-refractivity contribution in [3.63, 3.8) is 0 Å². The van der Waals surface area contributed by atoms with Gasteiger partial charge in [-0.1, -0.05) is 45.7 Å². The molecule has 0 radical (unpaired) electrons. The van der Waals surface area contributed by atoms with Crippen LogP contribution in [0.5, 0.6) is 0 Å². The molecule has 1 aromatic heterocycles. The highest BCUT2D eigenvalue weighted by atomic mass is 79.9. The van der Waals surface area contributed by atoms with E-state index < -0.39 is 6.10 Å². The lowest BCUT2D eigenvalue weighted by Crippen LogP contribution is -2.35. The summed E-state index contributed by atoms with van der Waals surface area (Å²) in [5, 5.41) is 13.2. The van der Waals surface area contributed by atoms with Gasteiger partial charge in [0.15, 0.2) is 0 Å². The van der Waals surface area contributed by atoms with Gasteiger partial charge >= 0.3 is 0 Å². The predicted molar refractivity (Wildman–Crippen MR) is 126 cm³/mol. The molecule has 0 aliphatic carbocycles. The lowest BCUT2D eigenvalue weighted by atomic mass is 10.2. The van der Waals surface area contributed by atoms with Gasteiger partial charge < -0.3 is 14.6 Å². The quantitative estimate of drug-likeness (QED) is 0.338. The summed E-state index contributed by atoms with van der Waals surface area (Å²) in [6.07, 6.45) is 1.80. The summed E-state index contributed by atoms with van der Waals surface area (Å²) < 4.78 is 5.38. The molecule has 0 aliphatic rings. The molecule has 0 saturated carbocycles. The van der Waals surface area contributed by atoms with Crippen LogP contribution in [-0.4, -0.2) is 40.3 Å². The molecule has 6 heteroatoms. The van der Waals surface area contributed by atoms with Crippen LogP contribution in [-0.2, 0) is 6.54 Å². The largest absolute Gasteiger partial charge is 0.390 e. The number of benzene rings is 2. The number of aliphatic hydroxyl groups excluding tert-OH is 1. The Morgan fingerprint density at radius 1 is 0.963 bits per heavy atom. The van der Waals surface area contributed by atoms with Gasteiger partial charge in [0.2, 0.25) is 0 Å². The Hall–Kier alpha value is -0.400. The van der Waals surface area contributed by atoms with Gasteiger partial charge in [-0.15, -0.1) is 0 Å². The zero-order valence-corrected chi connectivity index (χ0v) is 20.4. The smallest absolute Gasteiger partial charge is 0.0845 e. The molecule has 3 nitrogen and oxygen atoms in total. The van der Waals surface area contributed by atoms with Crippen molar-refractivity contribution in [3.05, 3.63) is 43.7 Å². The molecule has 146 valence electrons. The minimum atomic E-state index is -0.416. The molecule has 1 atom stereocenters. The second-order valence-electron chi connectivity index (χ2n) is 7.01. The molecule has 2 aromatic carbocycles. The van der Waals surface area contributed by atoms with Crippen LogP contribution in [0.1, 0.15) is 26.7 Å². The van der Waals surface area contributed by atoms with Crippen molar-refractivity contribution >= 4 is 69.6 Å². The molecule has 27 heavy (non-hydrogen) atoms. The fraction of sp³-hybridized carbons (Fsp3) is 0.429. The van der Waals surface area contributed by atoms with E-state index in [1.807, 2.05) is 0 Å². The van der Waals surface area contributed by atoms with E-state index in [9.17, 15) is 5.11 Å². The van der Waals surface area contributed by atoms with Crippen LogP contribution < -0.4 is 0 Å². The number of rotatable bonds is 8. The van der Waals surface area contributed by atoms with Crippen molar-refractivity contribution in [3.8, 4) is 0 Å². The van der Waals surface area contributed by atoms with Crippen LogP contribution in [0.3, 0.4) is 0 Å². The molecule has 0 spiro atoms. The first-order chi connectivity index (χ1) is 12.9. The lowest BCUT2D eigenvalue weighted by molar-refractivity contribution is 0.0997. The summed E-state index contributed by atoms with van der Waals surface area (Å²) in [6.45, 7) is 7.71. The van der Waals surface area contributed by atoms with Crippen molar-refractivity contribution in [1.29, 1.82) is 0 Å². The van der Waals surface area contributed by atoms with Gasteiger partial charge in [0.1, 0.15) is 0 Å². The zero-order valence-electron chi connectivity index (χ0n) is 15.7. The highest BCUT2D eigenvalue weighted by Gasteiger charge is 2.18. The predicted octanol–water partition coefficient (Wildman–Crippen LogP) is 6.56. The van der Waals surface area contributed by atoms with Crippen LogP contribution in [0.15, 0.2) is 43.7 Å². The second kappa shape index (κ2) is 9.40. The van der Waals surface area contributed by atoms with E-state index in [2.05, 4.69) is 101 Å². The maximum atomic E-state index is 10.9. The van der Waals surface area contributed by atoms with E-state index >= 15 is 0 Å². The summed E-state index contributed by atoms with van der Waals surface area (Å²) >= 11 is 10.9. The van der Waals surface area contributed by atoms with E-state index in [4.69, 9.17) is 0 Å². The van der Waals surface area contributed by atoms with Crippen molar-refractivity contribution in [1.82, 2.24) is 9.47 Å². The van der Waals surface area contributed by atoms with Gasteiger partial charge in [-0.05, 0) is 72.2 Å². The Bertz CT molecular complexity index is 932. The summed E-state index contributed by atoms with van der Waals surface area (Å²) in [6, 6.07) is 10.6. The summed E-state index contributed by atoms with van der Waals surface area (Å²) in [4.78, 5) is 2.36.